The molecule has 1 aliphatic heterocycles. The molecule has 1 fully saturated rings. The highest BCUT2D eigenvalue weighted by atomic mass is 16.5. The Morgan fingerprint density at radius 2 is 2.19 bits per heavy atom. The van der Waals surface area contributed by atoms with Crippen LogP contribution in [0.4, 0.5) is 0 Å². The first-order chi connectivity index (χ1) is 10.1. The number of rotatable bonds is 5. The van der Waals surface area contributed by atoms with Crippen LogP contribution in [0, 0.1) is 0 Å². The summed E-state index contributed by atoms with van der Waals surface area (Å²) in [7, 11) is 3.92. The van der Waals surface area contributed by atoms with Crippen LogP contribution in [0.2, 0.25) is 0 Å². The van der Waals surface area contributed by atoms with Crippen molar-refractivity contribution in [2.75, 3.05) is 20.7 Å². The van der Waals surface area contributed by atoms with Gasteiger partial charge < -0.3 is 15.2 Å². The summed E-state index contributed by atoms with van der Waals surface area (Å²) < 4.78 is 11.5. The van der Waals surface area contributed by atoms with E-state index in [0.29, 0.717) is 12.6 Å². The first-order valence-corrected chi connectivity index (χ1v) is 7.93. The van der Waals surface area contributed by atoms with Crippen LogP contribution in [0.5, 0.6) is 11.5 Å². The number of hydrogen-bond acceptors (Lipinski definition) is 4. The molecule has 2 N–H and O–H groups in total. The lowest BCUT2D eigenvalue weighted by molar-refractivity contribution is 0.111. The highest BCUT2D eigenvalue weighted by Crippen LogP contribution is 2.40. The van der Waals surface area contributed by atoms with Crippen LogP contribution >= 0.6 is 0 Å². The third kappa shape index (κ3) is 2.62. The Balaban J connectivity index is 1.93. The number of ether oxygens (including phenoxy) is 2. The lowest BCUT2D eigenvalue weighted by Crippen LogP contribution is -2.42. The van der Waals surface area contributed by atoms with Gasteiger partial charge in [-0.15, -0.1) is 0 Å². The summed E-state index contributed by atoms with van der Waals surface area (Å²) in [5, 5.41) is 0. The highest BCUT2D eigenvalue weighted by Gasteiger charge is 2.31. The second kappa shape index (κ2) is 5.85. The fourth-order valence-electron chi connectivity index (χ4n) is 3.45. The molecule has 0 spiro atoms. The summed E-state index contributed by atoms with van der Waals surface area (Å²) in [6, 6.07) is 5.11. The summed E-state index contributed by atoms with van der Waals surface area (Å²) in [5.41, 5.74) is 8.48. The monoisotopic (exact) mass is 290 g/mol. The quantitative estimate of drug-likeness (QED) is 0.905. The molecule has 2 aliphatic rings. The van der Waals surface area contributed by atoms with Crippen LogP contribution in [0.15, 0.2) is 12.1 Å². The summed E-state index contributed by atoms with van der Waals surface area (Å²) in [6.07, 6.45) is 5.08. The molecular formula is C17H26N2O2. The average molecular weight is 290 g/mol. The third-order valence-electron chi connectivity index (χ3n) is 4.97. The molecule has 2 unspecified atom stereocenters. The van der Waals surface area contributed by atoms with E-state index in [1.807, 2.05) is 0 Å². The van der Waals surface area contributed by atoms with E-state index in [1.165, 1.54) is 24.8 Å². The van der Waals surface area contributed by atoms with Gasteiger partial charge in [-0.1, -0.05) is 6.42 Å². The van der Waals surface area contributed by atoms with E-state index < -0.39 is 0 Å². The maximum atomic E-state index is 6.08. The SMILES string of the molecule is COc1cc2c(cc1C(CN)N(C)C1CCC1)OC(C)C2. The first-order valence-electron chi connectivity index (χ1n) is 7.93. The normalized spacial score (nSPS) is 22.6. The molecule has 4 nitrogen and oxygen atoms in total. The molecule has 2 atom stereocenters. The molecule has 4 heteroatoms. The maximum Gasteiger partial charge on any atom is 0.124 e. The maximum absolute atomic E-state index is 6.08. The Morgan fingerprint density at radius 3 is 2.76 bits per heavy atom. The molecule has 1 saturated carbocycles. The zero-order valence-electron chi connectivity index (χ0n) is 13.3. The largest absolute Gasteiger partial charge is 0.496 e. The van der Waals surface area contributed by atoms with Gasteiger partial charge in [-0.3, -0.25) is 4.90 Å². The van der Waals surface area contributed by atoms with Crippen LogP contribution < -0.4 is 15.2 Å². The van der Waals surface area contributed by atoms with Crippen molar-refractivity contribution < 1.29 is 9.47 Å². The first kappa shape index (κ1) is 14.7. The van der Waals surface area contributed by atoms with E-state index in [1.54, 1.807) is 7.11 Å². The standard InChI is InChI=1S/C17H26N2O2/c1-11-7-12-8-17(20-3)14(9-16(12)21-11)15(10-18)19(2)13-5-4-6-13/h8-9,11,13,15H,4-7,10,18H2,1-3H3. The number of nitrogens with two attached hydrogens (primary N) is 1. The topological polar surface area (TPSA) is 47.7 Å². The molecule has 1 heterocycles. The average Bonchev–Trinajstić information content (AvgIpc) is 2.75. The van der Waals surface area contributed by atoms with Crippen molar-refractivity contribution in [1.29, 1.82) is 0 Å². The number of hydrogen-bond donors (Lipinski definition) is 1. The van der Waals surface area contributed by atoms with Crippen LogP contribution in [0.25, 0.3) is 0 Å². The van der Waals surface area contributed by atoms with Gasteiger partial charge in [-0.05, 0) is 38.9 Å². The van der Waals surface area contributed by atoms with E-state index in [9.17, 15) is 0 Å². The van der Waals surface area contributed by atoms with E-state index >= 15 is 0 Å². The van der Waals surface area contributed by atoms with Crippen LogP contribution in [-0.2, 0) is 6.42 Å². The van der Waals surface area contributed by atoms with Gasteiger partial charge in [-0.25, -0.2) is 0 Å². The molecule has 1 aliphatic carbocycles. The predicted molar refractivity (Wildman–Crippen MR) is 84.0 cm³/mol. The van der Waals surface area contributed by atoms with Gasteiger partial charge in [0.25, 0.3) is 0 Å². The van der Waals surface area contributed by atoms with Crippen molar-refractivity contribution in [3.8, 4) is 11.5 Å². The summed E-state index contributed by atoms with van der Waals surface area (Å²) in [6.45, 7) is 2.70. The van der Waals surface area contributed by atoms with E-state index in [2.05, 4.69) is 31.0 Å². The van der Waals surface area contributed by atoms with Crippen molar-refractivity contribution >= 4 is 0 Å². The minimum Gasteiger partial charge on any atom is -0.496 e. The fraction of sp³-hybridized carbons (Fsp3) is 0.647. The lowest BCUT2D eigenvalue weighted by Gasteiger charge is -2.40. The number of likely N-dealkylation sites (N-methyl/N-ethyl adjacent to an activating group) is 1. The summed E-state index contributed by atoms with van der Waals surface area (Å²) >= 11 is 0. The summed E-state index contributed by atoms with van der Waals surface area (Å²) in [4.78, 5) is 2.41. The Bertz CT molecular complexity index is 514. The predicted octanol–water partition coefficient (Wildman–Crippen LogP) is 2.50. The van der Waals surface area contributed by atoms with Crippen molar-refractivity contribution in [2.45, 2.75) is 50.8 Å². The number of benzene rings is 1. The second-order valence-electron chi connectivity index (χ2n) is 6.34. The minimum absolute atomic E-state index is 0.190. The minimum atomic E-state index is 0.190. The smallest absolute Gasteiger partial charge is 0.124 e. The number of fused-ring (bicyclic) bond motifs is 1. The second-order valence-corrected chi connectivity index (χ2v) is 6.34. The Morgan fingerprint density at radius 1 is 1.43 bits per heavy atom. The number of nitrogens with zero attached hydrogens (tertiary/aromatic N) is 1. The van der Waals surface area contributed by atoms with Crippen LogP contribution in [0.1, 0.15) is 43.4 Å². The van der Waals surface area contributed by atoms with E-state index in [0.717, 1.165) is 23.5 Å². The molecule has 1 aromatic rings. The van der Waals surface area contributed by atoms with Gasteiger partial charge in [-0.2, -0.15) is 0 Å². The molecule has 0 aromatic heterocycles. The Hall–Kier alpha value is -1.26. The van der Waals surface area contributed by atoms with Gasteiger partial charge in [0.15, 0.2) is 0 Å². The van der Waals surface area contributed by atoms with Gasteiger partial charge in [0, 0.05) is 30.1 Å². The number of methoxy groups -OCH3 is 1. The molecule has 21 heavy (non-hydrogen) atoms. The zero-order valence-corrected chi connectivity index (χ0v) is 13.3. The van der Waals surface area contributed by atoms with E-state index in [-0.39, 0.29) is 12.1 Å². The highest BCUT2D eigenvalue weighted by molar-refractivity contribution is 5.50. The van der Waals surface area contributed by atoms with Crippen LogP contribution in [0.3, 0.4) is 0 Å². The fourth-order valence-corrected chi connectivity index (χ4v) is 3.45. The molecule has 3 rings (SSSR count). The molecular weight excluding hydrogens is 264 g/mol. The van der Waals surface area contributed by atoms with Gasteiger partial charge in [0.1, 0.15) is 17.6 Å². The van der Waals surface area contributed by atoms with Gasteiger partial charge in [0.05, 0.1) is 13.2 Å². The third-order valence-corrected chi connectivity index (χ3v) is 4.97. The van der Waals surface area contributed by atoms with Crippen molar-refractivity contribution in [3.05, 3.63) is 23.3 Å². The van der Waals surface area contributed by atoms with E-state index in [4.69, 9.17) is 15.2 Å². The van der Waals surface area contributed by atoms with Gasteiger partial charge >= 0.3 is 0 Å². The zero-order chi connectivity index (χ0) is 15.0. The summed E-state index contributed by atoms with van der Waals surface area (Å²) in [5.74, 6) is 1.94. The molecule has 0 amide bonds. The molecule has 0 bridgehead atoms. The van der Waals surface area contributed by atoms with Crippen molar-refractivity contribution in [1.82, 2.24) is 4.90 Å². The molecule has 0 saturated heterocycles. The molecule has 0 radical (unpaired) electrons. The van der Waals surface area contributed by atoms with Crippen molar-refractivity contribution in [3.63, 3.8) is 0 Å². The van der Waals surface area contributed by atoms with Crippen LogP contribution in [-0.4, -0.2) is 37.7 Å². The Labute approximate surface area is 127 Å². The molecule has 1 aromatic carbocycles. The molecule has 116 valence electrons. The van der Waals surface area contributed by atoms with Crippen molar-refractivity contribution in [2.24, 2.45) is 5.73 Å². The lowest BCUT2D eigenvalue weighted by atomic mass is 9.89. The van der Waals surface area contributed by atoms with Gasteiger partial charge in [0.2, 0.25) is 0 Å². The Kier molecular flexibility index (Phi) is 4.09.